The summed E-state index contributed by atoms with van der Waals surface area (Å²) >= 11 is 0. The van der Waals surface area contributed by atoms with E-state index in [0.29, 0.717) is 12.1 Å². The fourth-order valence-corrected chi connectivity index (χ4v) is 1.39. The SMILES string of the molecule is CC(N)c1noc(-c2cc(F)c(F)cc2[N+](=O)[O-])n1. The maximum absolute atomic E-state index is 13.2. The average molecular weight is 270 g/mol. The first-order valence-electron chi connectivity index (χ1n) is 5.13. The van der Waals surface area contributed by atoms with Crippen molar-refractivity contribution in [1.82, 2.24) is 10.1 Å². The second-order valence-electron chi connectivity index (χ2n) is 3.79. The van der Waals surface area contributed by atoms with Gasteiger partial charge in [0, 0.05) is 0 Å². The van der Waals surface area contributed by atoms with Gasteiger partial charge in [0.05, 0.1) is 17.0 Å². The molecule has 0 saturated heterocycles. The summed E-state index contributed by atoms with van der Waals surface area (Å²) in [4.78, 5) is 13.7. The number of benzene rings is 1. The van der Waals surface area contributed by atoms with Gasteiger partial charge in [-0.15, -0.1) is 0 Å². The molecule has 1 atom stereocenters. The van der Waals surface area contributed by atoms with Gasteiger partial charge in [0.15, 0.2) is 17.5 Å². The van der Waals surface area contributed by atoms with Crippen molar-refractivity contribution in [2.75, 3.05) is 0 Å². The molecule has 0 bridgehead atoms. The lowest BCUT2D eigenvalue weighted by Gasteiger charge is -1.99. The number of hydrogen-bond acceptors (Lipinski definition) is 6. The smallest absolute Gasteiger partial charge is 0.285 e. The third kappa shape index (κ3) is 2.40. The van der Waals surface area contributed by atoms with Crippen LogP contribution in [0, 0.1) is 21.7 Å². The van der Waals surface area contributed by atoms with Gasteiger partial charge in [0.2, 0.25) is 0 Å². The molecule has 0 fully saturated rings. The Morgan fingerprint density at radius 2 is 2.05 bits per heavy atom. The minimum absolute atomic E-state index is 0.106. The lowest BCUT2D eigenvalue weighted by molar-refractivity contribution is -0.384. The van der Waals surface area contributed by atoms with Crippen molar-refractivity contribution < 1.29 is 18.2 Å². The van der Waals surface area contributed by atoms with Crippen LogP contribution >= 0.6 is 0 Å². The number of nitrogens with zero attached hydrogens (tertiary/aromatic N) is 3. The standard InChI is InChI=1S/C10H8F2N4O3/c1-4(13)9-14-10(19-15-9)5-2-6(11)7(12)3-8(5)16(17)18/h2-4H,13H2,1H3. The highest BCUT2D eigenvalue weighted by Crippen LogP contribution is 2.31. The molecule has 7 nitrogen and oxygen atoms in total. The first-order chi connectivity index (χ1) is 8.90. The summed E-state index contributed by atoms with van der Waals surface area (Å²) in [5.41, 5.74) is 4.53. The zero-order valence-electron chi connectivity index (χ0n) is 9.63. The molecule has 0 aliphatic carbocycles. The van der Waals surface area contributed by atoms with Crippen molar-refractivity contribution in [3.8, 4) is 11.5 Å². The zero-order chi connectivity index (χ0) is 14.2. The Balaban J connectivity index is 2.59. The van der Waals surface area contributed by atoms with Gasteiger partial charge in [-0.2, -0.15) is 4.98 Å². The Hall–Kier alpha value is -2.42. The van der Waals surface area contributed by atoms with E-state index in [1.807, 2.05) is 0 Å². The van der Waals surface area contributed by atoms with Crippen LogP contribution in [-0.4, -0.2) is 15.1 Å². The Bertz CT molecular complexity index is 642. The molecule has 1 heterocycles. The summed E-state index contributed by atoms with van der Waals surface area (Å²) in [6.45, 7) is 1.58. The normalized spacial score (nSPS) is 12.4. The van der Waals surface area contributed by atoms with E-state index in [4.69, 9.17) is 10.3 Å². The van der Waals surface area contributed by atoms with Gasteiger partial charge >= 0.3 is 0 Å². The molecule has 1 unspecified atom stereocenters. The van der Waals surface area contributed by atoms with Crippen molar-refractivity contribution in [2.45, 2.75) is 13.0 Å². The number of nitrogens with two attached hydrogens (primary N) is 1. The number of nitro groups is 1. The third-order valence-electron chi connectivity index (χ3n) is 2.31. The molecule has 0 spiro atoms. The molecule has 0 amide bonds. The second-order valence-corrected chi connectivity index (χ2v) is 3.79. The predicted octanol–water partition coefficient (Wildman–Crippen LogP) is 1.94. The van der Waals surface area contributed by atoms with E-state index in [0.717, 1.165) is 0 Å². The van der Waals surface area contributed by atoms with E-state index in [2.05, 4.69) is 10.1 Å². The monoisotopic (exact) mass is 270 g/mol. The van der Waals surface area contributed by atoms with Gasteiger partial charge in [-0.05, 0) is 13.0 Å². The topological polar surface area (TPSA) is 108 Å². The zero-order valence-corrected chi connectivity index (χ0v) is 9.63. The van der Waals surface area contributed by atoms with Crippen LogP contribution in [0.4, 0.5) is 14.5 Å². The second kappa shape index (κ2) is 4.69. The first kappa shape index (κ1) is 13.0. The van der Waals surface area contributed by atoms with Crippen LogP contribution in [0.3, 0.4) is 0 Å². The van der Waals surface area contributed by atoms with Gasteiger partial charge in [-0.3, -0.25) is 10.1 Å². The highest BCUT2D eigenvalue weighted by molar-refractivity contribution is 5.66. The highest BCUT2D eigenvalue weighted by atomic mass is 19.2. The first-order valence-corrected chi connectivity index (χ1v) is 5.13. The van der Waals surface area contributed by atoms with Gasteiger partial charge in [0.25, 0.3) is 11.6 Å². The number of rotatable bonds is 3. The Morgan fingerprint density at radius 1 is 1.42 bits per heavy atom. The van der Waals surface area contributed by atoms with Gasteiger partial charge in [0.1, 0.15) is 5.56 Å². The fraction of sp³-hybridized carbons (Fsp3) is 0.200. The molecule has 9 heteroatoms. The Labute approximate surface area is 105 Å². The summed E-state index contributed by atoms with van der Waals surface area (Å²) in [6.07, 6.45) is 0. The van der Waals surface area contributed by atoms with Crippen LogP contribution in [0.2, 0.25) is 0 Å². The van der Waals surface area contributed by atoms with Crippen LogP contribution in [0.5, 0.6) is 0 Å². The summed E-state index contributed by atoms with van der Waals surface area (Å²) in [5.74, 6) is -2.77. The summed E-state index contributed by atoms with van der Waals surface area (Å²) in [6, 6.07) is 0.536. The Kier molecular flexibility index (Phi) is 3.21. The van der Waals surface area contributed by atoms with Crippen LogP contribution in [0.25, 0.3) is 11.5 Å². The summed E-state index contributed by atoms with van der Waals surface area (Å²) in [5, 5.41) is 14.3. The molecule has 0 saturated carbocycles. The number of nitro benzene ring substituents is 1. The van der Waals surface area contributed by atoms with Crippen LogP contribution < -0.4 is 5.73 Å². The molecule has 1 aromatic heterocycles. The minimum Gasteiger partial charge on any atom is -0.334 e. The molecule has 0 aliphatic heterocycles. The van der Waals surface area contributed by atoms with Gasteiger partial charge < -0.3 is 10.3 Å². The predicted molar refractivity (Wildman–Crippen MR) is 58.9 cm³/mol. The highest BCUT2D eigenvalue weighted by Gasteiger charge is 2.24. The summed E-state index contributed by atoms with van der Waals surface area (Å²) < 4.78 is 30.9. The number of aromatic nitrogens is 2. The quantitative estimate of drug-likeness (QED) is 0.674. The van der Waals surface area contributed by atoms with Crippen molar-refractivity contribution in [2.24, 2.45) is 5.73 Å². The van der Waals surface area contributed by atoms with Crippen molar-refractivity contribution >= 4 is 5.69 Å². The maximum Gasteiger partial charge on any atom is 0.285 e. The molecule has 19 heavy (non-hydrogen) atoms. The van der Waals surface area contributed by atoms with Crippen molar-refractivity contribution in [3.63, 3.8) is 0 Å². The largest absolute Gasteiger partial charge is 0.334 e. The molecular formula is C10H8F2N4O3. The van der Waals surface area contributed by atoms with E-state index in [1.54, 1.807) is 6.92 Å². The molecule has 2 N–H and O–H groups in total. The lowest BCUT2D eigenvalue weighted by atomic mass is 10.1. The third-order valence-corrected chi connectivity index (χ3v) is 2.31. The maximum atomic E-state index is 13.2. The molecule has 1 aromatic carbocycles. The average Bonchev–Trinajstić information content (AvgIpc) is 2.81. The van der Waals surface area contributed by atoms with Crippen LogP contribution in [-0.2, 0) is 0 Å². The van der Waals surface area contributed by atoms with E-state index in [9.17, 15) is 18.9 Å². The fourth-order valence-electron chi connectivity index (χ4n) is 1.39. The number of hydrogen-bond donors (Lipinski definition) is 1. The van der Waals surface area contributed by atoms with E-state index >= 15 is 0 Å². The Morgan fingerprint density at radius 3 is 2.58 bits per heavy atom. The van der Waals surface area contributed by atoms with Crippen LogP contribution in [0.15, 0.2) is 16.7 Å². The molecule has 100 valence electrons. The van der Waals surface area contributed by atoms with Crippen molar-refractivity contribution in [1.29, 1.82) is 0 Å². The van der Waals surface area contributed by atoms with Gasteiger partial charge in [-0.1, -0.05) is 5.16 Å². The van der Waals surface area contributed by atoms with Crippen LogP contribution in [0.1, 0.15) is 18.8 Å². The lowest BCUT2D eigenvalue weighted by Crippen LogP contribution is -2.06. The van der Waals surface area contributed by atoms with E-state index in [1.165, 1.54) is 0 Å². The van der Waals surface area contributed by atoms with E-state index < -0.39 is 28.3 Å². The minimum atomic E-state index is -1.33. The molecule has 2 rings (SSSR count). The molecule has 2 aromatic rings. The number of halogens is 2. The van der Waals surface area contributed by atoms with E-state index in [-0.39, 0.29) is 17.3 Å². The molecular weight excluding hydrogens is 262 g/mol. The molecule has 0 aliphatic rings. The summed E-state index contributed by atoms with van der Waals surface area (Å²) in [7, 11) is 0. The molecule has 0 radical (unpaired) electrons. The van der Waals surface area contributed by atoms with Crippen molar-refractivity contribution in [3.05, 3.63) is 39.7 Å². The van der Waals surface area contributed by atoms with Gasteiger partial charge in [-0.25, -0.2) is 8.78 Å².